The van der Waals surface area contributed by atoms with Crippen molar-refractivity contribution >= 4 is 21.3 Å². The molecule has 0 saturated carbocycles. The van der Waals surface area contributed by atoms with Crippen molar-refractivity contribution < 1.29 is 0 Å². The molecule has 0 aliphatic heterocycles. The van der Waals surface area contributed by atoms with E-state index in [-0.39, 0.29) is 0 Å². The summed E-state index contributed by atoms with van der Waals surface area (Å²) in [7, 11) is -2.84. The summed E-state index contributed by atoms with van der Waals surface area (Å²) in [6.07, 6.45) is 0. The largest absolute Gasteiger partial charge is 0.138 e. The lowest BCUT2D eigenvalue weighted by atomic mass is 10.4. The van der Waals surface area contributed by atoms with E-state index < -0.39 is 16.1 Å². The highest BCUT2D eigenvalue weighted by atomic mass is 28.4. The second-order valence-electron chi connectivity index (χ2n) is 5.79. The van der Waals surface area contributed by atoms with Crippen molar-refractivity contribution in [1.29, 1.82) is 0 Å². The molecule has 1 aromatic rings. The van der Waals surface area contributed by atoms with Gasteiger partial charge in [-0.1, -0.05) is 74.8 Å². The summed E-state index contributed by atoms with van der Waals surface area (Å²) in [6, 6.07) is 10.9. The quantitative estimate of drug-likeness (QED) is 0.563. The maximum atomic E-state index is 3.93. The van der Waals surface area contributed by atoms with Crippen molar-refractivity contribution in [1.82, 2.24) is 0 Å². The van der Waals surface area contributed by atoms with E-state index in [1.165, 1.54) is 10.0 Å². The maximum absolute atomic E-state index is 3.93. The SMILES string of the molecule is C=C=C([Si](C)(C)C)[Si](C)(C)c1ccccc1. The molecule has 2 heteroatoms. The fourth-order valence-electron chi connectivity index (χ4n) is 2.42. The second-order valence-corrected chi connectivity index (χ2v) is 15.6. The third kappa shape index (κ3) is 2.64. The predicted molar refractivity (Wildman–Crippen MR) is 79.6 cm³/mol. The van der Waals surface area contributed by atoms with Crippen LogP contribution in [0.5, 0.6) is 0 Å². The van der Waals surface area contributed by atoms with E-state index in [0.29, 0.717) is 0 Å². The van der Waals surface area contributed by atoms with E-state index in [1.54, 1.807) is 0 Å². The molecule has 0 N–H and O–H groups in total. The zero-order chi connectivity index (χ0) is 12.4. The maximum Gasteiger partial charge on any atom is 0.112 e. The monoisotopic (exact) mass is 246 g/mol. The van der Waals surface area contributed by atoms with Crippen LogP contribution in [-0.4, -0.2) is 16.1 Å². The summed E-state index contributed by atoms with van der Waals surface area (Å²) in [5.41, 5.74) is 3.27. The molecule has 16 heavy (non-hydrogen) atoms. The smallest absolute Gasteiger partial charge is 0.112 e. The zero-order valence-corrected chi connectivity index (χ0v) is 13.1. The van der Waals surface area contributed by atoms with Crippen molar-refractivity contribution in [3.63, 3.8) is 0 Å². The van der Waals surface area contributed by atoms with Gasteiger partial charge in [-0.05, 0) is 4.82 Å². The van der Waals surface area contributed by atoms with Crippen LogP contribution >= 0.6 is 0 Å². The average molecular weight is 247 g/mol. The van der Waals surface area contributed by atoms with Gasteiger partial charge in [0.15, 0.2) is 0 Å². The van der Waals surface area contributed by atoms with E-state index in [0.717, 1.165) is 0 Å². The van der Waals surface area contributed by atoms with Crippen molar-refractivity contribution in [2.75, 3.05) is 0 Å². The molecule has 0 fully saturated rings. The summed E-state index contributed by atoms with van der Waals surface area (Å²) in [6.45, 7) is 15.9. The Kier molecular flexibility index (Phi) is 3.79. The van der Waals surface area contributed by atoms with Crippen LogP contribution in [0.4, 0.5) is 0 Å². The lowest BCUT2D eigenvalue weighted by Gasteiger charge is -2.32. The Hall–Kier alpha value is -0.826. The molecule has 86 valence electrons. The van der Waals surface area contributed by atoms with E-state index in [4.69, 9.17) is 0 Å². The van der Waals surface area contributed by atoms with Gasteiger partial charge in [-0.25, -0.2) is 0 Å². The Balaban J connectivity index is 3.27. The van der Waals surface area contributed by atoms with Crippen molar-refractivity contribution in [2.24, 2.45) is 0 Å². The molecular formula is C14H22Si2. The van der Waals surface area contributed by atoms with Gasteiger partial charge in [-0.15, -0.1) is 5.73 Å². The van der Waals surface area contributed by atoms with Gasteiger partial charge < -0.3 is 0 Å². The van der Waals surface area contributed by atoms with Crippen LogP contribution in [0.15, 0.2) is 47.5 Å². The van der Waals surface area contributed by atoms with Crippen molar-refractivity contribution in [3.05, 3.63) is 47.5 Å². The van der Waals surface area contributed by atoms with E-state index in [1.807, 2.05) is 0 Å². The van der Waals surface area contributed by atoms with E-state index >= 15 is 0 Å². The molecule has 0 unspecified atom stereocenters. The summed E-state index contributed by atoms with van der Waals surface area (Å²) in [5.74, 6) is 0. The first-order valence-electron chi connectivity index (χ1n) is 5.76. The Bertz CT molecular complexity index is 404. The Morgan fingerprint density at radius 2 is 1.50 bits per heavy atom. The van der Waals surface area contributed by atoms with Gasteiger partial charge in [0.2, 0.25) is 0 Å². The molecule has 0 spiro atoms. The fraction of sp³-hybridized carbons (Fsp3) is 0.357. The topological polar surface area (TPSA) is 0 Å². The van der Waals surface area contributed by atoms with Crippen molar-refractivity contribution in [2.45, 2.75) is 32.7 Å². The molecule has 0 aliphatic rings. The van der Waals surface area contributed by atoms with Crippen LogP contribution in [0.1, 0.15) is 0 Å². The molecule has 1 rings (SSSR count). The van der Waals surface area contributed by atoms with Gasteiger partial charge in [0.25, 0.3) is 0 Å². The Morgan fingerprint density at radius 3 is 1.88 bits per heavy atom. The minimum absolute atomic E-state index is 1.30. The number of benzene rings is 1. The van der Waals surface area contributed by atoms with Gasteiger partial charge in [0.1, 0.15) is 8.07 Å². The standard InChI is InChI=1S/C14H22Si2/c1-7-14(15(2,3)4)16(5,6)13-11-9-8-10-12-13/h8-12H,1H2,2-6H3. The number of hydrogen-bond donors (Lipinski definition) is 0. The van der Waals surface area contributed by atoms with Crippen molar-refractivity contribution in [3.8, 4) is 0 Å². The van der Waals surface area contributed by atoms with Crippen LogP contribution in [0.3, 0.4) is 0 Å². The van der Waals surface area contributed by atoms with Gasteiger partial charge in [0.05, 0.1) is 8.07 Å². The third-order valence-corrected chi connectivity index (χ3v) is 12.1. The highest BCUT2D eigenvalue weighted by Gasteiger charge is 2.35. The molecule has 0 bridgehead atoms. The van der Waals surface area contributed by atoms with Crippen LogP contribution in [-0.2, 0) is 0 Å². The van der Waals surface area contributed by atoms with Crippen LogP contribution < -0.4 is 5.19 Å². The first-order valence-corrected chi connectivity index (χ1v) is 12.3. The number of rotatable bonds is 3. The Morgan fingerprint density at radius 1 is 1.00 bits per heavy atom. The lowest BCUT2D eigenvalue weighted by Crippen LogP contribution is -2.50. The molecule has 0 radical (unpaired) electrons. The summed E-state index contributed by atoms with van der Waals surface area (Å²) in [4.78, 5) is 1.53. The van der Waals surface area contributed by atoms with Gasteiger partial charge >= 0.3 is 0 Å². The molecule has 0 aromatic heterocycles. The zero-order valence-electron chi connectivity index (χ0n) is 11.1. The van der Waals surface area contributed by atoms with Crippen LogP contribution in [0, 0.1) is 0 Å². The molecule has 0 saturated heterocycles. The highest BCUT2D eigenvalue weighted by molar-refractivity contribution is 7.10. The summed E-state index contributed by atoms with van der Waals surface area (Å²) < 4.78 is 0. The van der Waals surface area contributed by atoms with Gasteiger partial charge in [-0.3, -0.25) is 0 Å². The first-order chi connectivity index (χ1) is 7.30. The van der Waals surface area contributed by atoms with Crippen LogP contribution in [0.25, 0.3) is 0 Å². The van der Waals surface area contributed by atoms with Gasteiger partial charge in [-0.2, -0.15) is 0 Å². The molecule has 0 aliphatic carbocycles. The van der Waals surface area contributed by atoms with Crippen LogP contribution in [0.2, 0.25) is 32.7 Å². The van der Waals surface area contributed by atoms with Gasteiger partial charge in [0, 0.05) is 0 Å². The molecule has 0 heterocycles. The minimum atomic E-state index is -1.54. The number of hydrogen-bond acceptors (Lipinski definition) is 0. The normalized spacial score (nSPS) is 12.1. The molecule has 0 amide bonds. The molecule has 0 nitrogen and oxygen atoms in total. The second kappa shape index (κ2) is 4.58. The molecular weight excluding hydrogens is 224 g/mol. The average Bonchev–Trinajstić information content (AvgIpc) is 2.17. The minimum Gasteiger partial charge on any atom is -0.138 e. The predicted octanol–water partition coefficient (Wildman–Crippen LogP) is 3.73. The van der Waals surface area contributed by atoms with E-state index in [9.17, 15) is 0 Å². The summed E-state index contributed by atoms with van der Waals surface area (Å²) >= 11 is 0. The fourth-order valence-corrected chi connectivity index (χ4v) is 12.6. The summed E-state index contributed by atoms with van der Waals surface area (Å²) in [5, 5.41) is 1.49. The first kappa shape index (κ1) is 13.2. The molecule has 1 aromatic carbocycles. The molecule has 0 atom stereocenters. The highest BCUT2D eigenvalue weighted by Crippen LogP contribution is 2.24. The third-order valence-electron chi connectivity index (χ3n) is 3.05. The van der Waals surface area contributed by atoms with E-state index in [2.05, 4.69) is 75.4 Å². The lowest BCUT2D eigenvalue weighted by molar-refractivity contribution is 1.64. The Labute approximate surface area is 102 Å².